The van der Waals surface area contributed by atoms with E-state index < -0.39 is 0 Å². The number of hydrogen-bond acceptors (Lipinski definition) is 2. The van der Waals surface area contributed by atoms with Crippen molar-refractivity contribution in [3.63, 3.8) is 0 Å². The Morgan fingerprint density at radius 1 is 1.31 bits per heavy atom. The lowest BCUT2D eigenvalue weighted by atomic mass is 10.0. The van der Waals surface area contributed by atoms with Crippen LogP contribution in [-0.4, -0.2) is 55.1 Å². The summed E-state index contributed by atoms with van der Waals surface area (Å²) in [5, 5.41) is 3.34. The monoisotopic (exact) mass is 227 g/mol. The van der Waals surface area contributed by atoms with E-state index in [1.807, 2.05) is 14.0 Å². The molecule has 0 bridgehead atoms. The van der Waals surface area contributed by atoms with Gasteiger partial charge < -0.3 is 15.1 Å². The summed E-state index contributed by atoms with van der Waals surface area (Å²) < 4.78 is 0. The molecule has 0 aromatic heterocycles. The number of hydrogen-bond donors (Lipinski definition) is 1. The summed E-state index contributed by atoms with van der Waals surface area (Å²) in [6, 6.07) is 0.624. The second kappa shape index (κ2) is 6.74. The third kappa shape index (κ3) is 3.37. The molecule has 0 atom stereocenters. The van der Waals surface area contributed by atoms with Crippen LogP contribution in [0.4, 0.5) is 4.79 Å². The van der Waals surface area contributed by atoms with E-state index in [0.717, 1.165) is 45.4 Å². The van der Waals surface area contributed by atoms with Gasteiger partial charge in [-0.1, -0.05) is 6.92 Å². The maximum absolute atomic E-state index is 12.2. The van der Waals surface area contributed by atoms with Crippen LogP contribution in [0, 0.1) is 0 Å². The van der Waals surface area contributed by atoms with Gasteiger partial charge in [0.2, 0.25) is 0 Å². The molecule has 0 unspecified atom stereocenters. The Morgan fingerprint density at radius 2 is 1.94 bits per heavy atom. The molecule has 1 rings (SSSR count). The summed E-state index contributed by atoms with van der Waals surface area (Å²) in [6.45, 7) is 7.89. The van der Waals surface area contributed by atoms with Crippen LogP contribution in [0.2, 0.25) is 0 Å². The van der Waals surface area contributed by atoms with Crippen LogP contribution in [-0.2, 0) is 0 Å². The number of carbonyl (C=O) groups is 1. The fourth-order valence-corrected chi connectivity index (χ4v) is 2.15. The van der Waals surface area contributed by atoms with E-state index in [-0.39, 0.29) is 6.03 Å². The summed E-state index contributed by atoms with van der Waals surface area (Å²) in [7, 11) is 1.88. The number of piperidine rings is 1. The van der Waals surface area contributed by atoms with E-state index in [2.05, 4.69) is 17.1 Å². The van der Waals surface area contributed by atoms with E-state index in [9.17, 15) is 4.79 Å². The molecule has 94 valence electrons. The molecule has 1 N–H and O–H groups in total. The second-order valence-corrected chi connectivity index (χ2v) is 4.47. The predicted molar refractivity (Wildman–Crippen MR) is 66.6 cm³/mol. The number of rotatable bonds is 4. The van der Waals surface area contributed by atoms with E-state index in [4.69, 9.17) is 0 Å². The van der Waals surface area contributed by atoms with Gasteiger partial charge in [0, 0.05) is 26.2 Å². The van der Waals surface area contributed by atoms with Crippen molar-refractivity contribution < 1.29 is 4.79 Å². The van der Waals surface area contributed by atoms with Crippen LogP contribution in [0.5, 0.6) is 0 Å². The smallest absolute Gasteiger partial charge is 0.319 e. The van der Waals surface area contributed by atoms with Gasteiger partial charge in [-0.05, 0) is 39.3 Å². The van der Waals surface area contributed by atoms with Gasteiger partial charge in [0.15, 0.2) is 0 Å². The molecule has 0 saturated carbocycles. The third-order valence-electron chi connectivity index (χ3n) is 3.26. The molecule has 0 aromatic carbocycles. The van der Waals surface area contributed by atoms with Gasteiger partial charge >= 0.3 is 6.03 Å². The molecule has 1 aliphatic heterocycles. The standard InChI is InChI=1S/C12H25N3O/c1-4-10-15(12(16)14(3)5-2)11-6-8-13-9-7-11/h11,13H,4-10H2,1-3H3. The highest BCUT2D eigenvalue weighted by atomic mass is 16.2. The van der Waals surface area contributed by atoms with Gasteiger partial charge in [-0.3, -0.25) is 0 Å². The highest BCUT2D eigenvalue weighted by Crippen LogP contribution is 2.14. The molecule has 1 fully saturated rings. The maximum Gasteiger partial charge on any atom is 0.319 e. The molecule has 16 heavy (non-hydrogen) atoms. The van der Waals surface area contributed by atoms with E-state index in [1.54, 1.807) is 4.90 Å². The lowest BCUT2D eigenvalue weighted by molar-refractivity contribution is 0.131. The van der Waals surface area contributed by atoms with Crippen molar-refractivity contribution in [2.24, 2.45) is 0 Å². The van der Waals surface area contributed by atoms with Crippen molar-refractivity contribution in [3.05, 3.63) is 0 Å². The Hall–Kier alpha value is -0.770. The Bertz CT molecular complexity index is 214. The summed E-state index contributed by atoms with van der Waals surface area (Å²) in [5.41, 5.74) is 0. The van der Waals surface area contributed by atoms with E-state index >= 15 is 0 Å². The SMILES string of the molecule is CCCN(C(=O)N(C)CC)C1CCNCC1. The molecular weight excluding hydrogens is 202 g/mol. The fraction of sp³-hybridized carbons (Fsp3) is 0.917. The van der Waals surface area contributed by atoms with Gasteiger partial charge in [-0.15, -0.1) is 0 Å². The molecule has 1 heterocycles. The summed E-state index contributed by atoms with van der Waals surface area (Å²) >= 11 is 0. The minimum atomic E-state index is 0.191. The molecule has 4 heteroatoms. The Kier molecular flexibility index (Phi) is 5.60. The minimum Gasteiger partial charge on any atom is -0.328 e. The first-order valence-electron chi connectivity index (χ1n) is 6.43. The third-order valence-corrected chi connectivity index (χ3v) is 3.26. The van der Waals surface area contributed by atoms with Crippen LogP contribution in [0.1, 0.15) is 33.1 Å². The highest BCUT2D eigenvalue weighted by Gasteiger charge is 2.25. The van der Waals surface area contributed by atoms with Gasteiger partial charge in [0.25, 0.3) is 0 Å². The quantitative estimate of drug-likeness (QED) is 0.790. The average Bonchev–Trinajstić information content (AvgIpc) is 2.35. The molecule has 0 aromatic rings. The lowest BCUT2D eigenvalue weighted by Gasteiger charge is -2.36. The largest absolute Gasteiger partial charge is 0.328 e. The van der Waals surface area contributed by atoms with Gasteiger partial charge in [0.1, 0.15) is 0 Å². The first-order chi connectivity index (χ1) is 7.70. The molecule has 1 saturated heterocycles. The number of amides is 2. The number of carbonyl (C=O) groups excluding carboxylic acids is 1. The molecule has 2 amide bonds. The van der Waals surface area contributed by atoms with Crippen LogP contribution < -0.4 is 5.32 Å². The van der Waals surface area contributed by atoms with Crippen molar-refractivity contribution in [2.75, 3.05) is 33.2 Å². The van der Waals surface area contributed by atoms with Gasteiger partial charge in [0.05, 0.1) is 0 Å². The first kappa shape index (κ1) is 13.3. The van der Waals surface area contributed by atoms with Crippen LogP contribution >= 0.6 is 0 Å². The van der Waals surface area contributed by atoms with Crippen LogP contribution in [0.25, 0.3) is 0 Å². The van der Waals surface area contributed by atoms with Crippen molar-refractivity contribution >= 4 is 6.03 Å². The molecule has 0 radical (unpaired) electrons. The van der Waals surface area contributed by atoms with Gasteiger partial charge in [-0.25, -0.2) is 4.79 Å². The van der Waals surface area contributed by atoms with Crippen LogP contribution in [0.3, 0.4) is 0 Å². The molecule has 4 nitrogen and oxygen atoms in total. The Balaban J connectivity index is 2.60. The molecule has 0 spiro atoms. The normalized spacial score (nSPS) is 17.2. The van der Waals surface area contributed by atoms with Crippen molar-refractivity contribution in [3.8, 4) is 0 Å². The Morgan fingerprint density at radius 3 is 2.44 bits per heavy atom. The molecule has 1 aliphatic rings. The average molecular weight is 227 g/mol. The lowest BCUT2D eigenvalue weighted by Crippen LogP contribution is -2.50. The highest BCUT2D eigenvalue weighted by molar-refractivity contribution is 5.74. The zero-order valence-electron chi connectivity index (χ0n) is 10.8. The fourth-order valence-electron chi connectivity index (χ4n) is 2.15. The second-order valence-electron chi connectivity index (χ2n) is 4.47. The van der Waals surface area contributed by atoms with Crippen molar-refractivity contribution in [2.45, 2.75) is 39.2 Å². The topological polar surface area (TPSA) is 35.6 Å². The zero-order chi connectivity index (χ0) is 12.0. The summed E-state index contributed by atoms with van der Waals surface area (Å²) in [4.78, 5) is 16.1. The minimum absolute atomic E-state index is 0.191. The first-order valence-corrected chi connectivity index (χ1v) is 6.43. The number of urea groups is 1. The predicted octanol–water partition coefficient (Wildman–Crippen LogP) is 1.52. The van der Waals surface area contributed by atoms with E-state index in [0.29, 0.717) is 6.04 Å². The maximum atomic E-state index is 12.2. The van der Waals surface area contributed by atoms with Crippen molar-refractivity contribution in [1.82, 2.24) is 15.1 Å². The number of nitrogens with zero attached hydrogens (tertiary/aromatic N) is 2. The molecular formula is C12H25N3O. The van der Waals surface area contributed by atoms with Crippen molar-refractivity contribution in [1.29, 1.82) is 0 Å². The number of nitrogens with one attached hydrogen (secondary N) is 1. The zero-order valence-corrected chi connectivity index (χ0v) is 10.8. The Labute approximate surface area is 99.0 Å². The summed E-state index contributed by atoms with van der Waals surface area (Å²) in [5.74, 6) is 0. The van der Waals surface area contributed by atoms with Crippen LogP contribution in [0.15, 0.2) is 0 Å². The summed E-state index contributed by atoms with van der Waals surface area (Å²) in [6.07, 6.45) is 3.21. The van der Waals surface area contributed by atoms with E-state index in [1.165, 1.54) is 0 Å². The van der Waals surface area contributed by atoms with Gasteiger partial charge in [-0.2, -0.15) is 0 Å². The molecule has 0 aliphatic carbocycles.